The lowest BCUT2D eigenvalue weighted by molar-refractivity contribution is -0.385. The first-order chi connectivity index (χ1) is 10.6. The van der Waals surface area contributed by atoms with Crippen LogP contribution in [0, 0.1) is 10.1 Å². The molecule has 0 heterocycles. The molecule has 0 aromatic heterocycles. The lowest BCUT2D eigenvalue weighted by atomic mass is 10.1. The first-order valence-electron chi connectivity index (χ1n) is 7.27. The van der Waals surface area contributed by atoms with Crippen molar-refractivity contribution in [1.29, 1.82) is 0 Å². The average molecular weight is 312 g/mol. The molecule has 7 heteroatoms. The molecule has 0 N–H and O–H groups in total. The van der Waals surface area contributed by atoms with Gasteiger partial charge in [0.15, 0.2) is 5.75 Å². The van der Waals surface area contributed by atoms with Crippen molar-refractivity contribution in [3.05, 3.63) is 27.8 Å². The predicted molar refractivity (Wildman–Crippen MR) is 83.6 cm³/mol. The molecule has 0 aliphatic heterocycles. The largest absolute Gasteiger partial charge is 0.492 e. The number of benzene rings is 1. The van der Waals surface area contributed by atoms with Gasteiger partial charge in [0.05, 0.1) is 32.4 Å². The van der Waals surface area contributed by atoms with Gasteiger partial charge in [0.2, 0.25) is 5.75 Å². The molecule has 7 nitrogen and oxygen atoms in total. The van der Waals surface area contributed by atoms with Crippen molar-refractivity contribution in [2.45, 2.75) is 20.5 Å². The maximum Gasteiger partial charge on any atom is 0.314 e. The van der Waals surface area contributed by atoms with Crippen LogP contribution in [0.3, 0.4) is 0 Å². The van der Waals surface area contributed by atoms with Crippen LogP contribution in [0.15, 0.2) is 12.1 Å². The van der Waals surface area contributed by atoms with E-state index >= 15 is 0 Å². The number of methoxy groups -OCH3 is 2. The number of hydrogen-bond acceptors (Lipinski definition) is 6. The highest BCUT2D eigenvalue weighted by molar-refractivity contribution is 5.59. The molecule has 1 rings (SSSR count). The van der Waals surface area contributed by atoms with Gasteiger partial charge in [-0.2, -0.15) is 0 Å². The van der Waals surface area contributed by atoms with E-state index in [0.29, 0.717) is 19.0 Å². The lowest BCUT2D eigenvalue weighted by Gasteiger charge is -2.18. The molecule has 0 saturated carbocycles. The normalized spacial score (nSPS) is 10.8. The van der Waals surface area contributed by atoms with Crippen molar-refractivity contribution < 1.29 is 19.1 Å². The van der Waals surface area contributed by atoms with Gasteiger partial charge < -0.3 is 19.1 Å². The molecule has 0 radical (unpaired) electrons. The van der Waals surface area contributed by atoms with Crippen LogP contribution in [0.5, 0.6) is 11.5 Å². The Kier molecular flexibility index (Phi) is 7.62. The van der Waals surface area contributed by atoms with E-state index in [4.69, 9.17) is 14.2 Å². The Bertz CT molecular complexity index is 489. The Morgan fingerprint density at radius 3 is 2.27 bits per heavy atom. The fraction of sp³-hybridized carbons (Fsp3) is 0.600. The van der Waals surface area contributed by atoms with Crippen molar-refractivity contribution in [2.24, 2.45) is 0 Å². The van der Waals surface area contributed by atoms with Gasteiger partial charge in [0, 0.05) is 18.2 Å². The maximum absolute atomic E-state index is 11.0. The number of likely N-dealkylation sites (N-methyl/N-ethyl adjacent to an activating group) is 1. The van der Waals surface area contributed by atoms with Crippen molar-refractivity contribution in [1.82, 2.24) is 4.90 Å². The number of ether oxygens (including phenoxy) is 3. The Morgan fingerprint density at radius 2 is 1.77 bits per heavy atom. The van der Waals surface area contributed by atoms with Crippen molar-refractivity contribution in [3.63, 3.8) is 0 Å². The van der Waals surface area contributed by atoms with Crippen LogP contribution in [0.2, 0.25) is 0 Å². The smallest absolute Gasteiger partial charge is 0.314 e. The van der Waals surface area contributed by atoms with E-state index in [-0.39, 0.29) is 11.4 Å². The molecule has 1 aromatic rings. The fourth-order valence-corrected chi connectivity index (χ4v) is 2.19. The summed E-state index contributed by atoms with van der Waals surface area (Å²) in [6, 6.07) is 3.04. The Labute approximate surface area is 130 Å². The first kappa shape index (κ1) is 18.2. The average Bonchev–Trinajstić information content (AvgIpc) is 2.53. The topological polar surface area (TPSA) is 74.1 Å². The van der Waals surface area contributed by atoms with Crippen LogP contribution in [-0.2, 0) is 11.3 Å². The van der Waals surface area contributed by atoms with Gasteiger partial charge >= 0.3 is 5.69 Å². The minimum atomic E-state index is -0.494. The summed E-state index contributed by atoms with van der Waals surface area (Å²) in [6.45, 7) is 7.92. The summed E-state index contributed by atoms with van der Waals surface area (Å²) in [6.07, 6.45) is 0. The standard InChI is InChI=1S/C15H24N2O5/c1-5-16(6-2)9-10-22-11-12-7-8-13(17(18)19)15(21-4)14(12)20-3/h7-8H,5-6,9-11H2,1-4H3. The molecule has 0 atom stereocenters. The summed E-state index contributed by atoms with van der Waals surface area (Å²) >= 11 is 0. The van der Waals surface area contributed by atoms with Crippen LogP contribution in [0.4, 0.5) is 5.69 Å². The number of rotatable bonds is 10. The molecule has 22 heavy (non-hydrogen) atoms. The van der Waals surface area contributed by atoms with E-state index in [0.717, 1.165) is 25.2 Å². The molecular weight excluding hydrogens is 288 g/mol. The zero-order valence-corrected chi connectivity index (χ0v) is 13.6. The van der Waals surface area contributed by atoms with E-state index < -0.39 is 4.92 Å². The SMILES string of the molecule is CCN(CC)CCOCc1ccc([N+](=O)[O-])c(OC)c1OC. The number of nitro benzene ring substituents is 1. The third-order valence-corrected chi connectivity index (χ3v) is 3.48. The Balaban J connectivity index is 2.77. The van der Waals surface area contributed by atoms with E-state index in [2.05, 4.69) is 18.7 Å². The molecule has 0 spiro atoms. The molecule has 0 amide bonds. The van der Waals surface area contributed by atoms with Gasteiger partial charge in [-0.3, -0.25) is 10.1 Å². The summed E-state index contributed by atoms with van der Waals surface area (Å²) in [4.78, 5) is 12.8. The highest BCUT2D eigenvalue weighted by atomic mass is 16.6. The van der Waals surface area contributed by atoms with Crippen LogP contribution in [-0.4, -0.2) is 50.3 Å². The summed E-state index contributed by atoms with van der Waals surface area (Å²) in [5.41, 5.74) is 0.607. The third kappa shape index (κ3) is 4.57. The van der Waals surface area contributed by atoms with Gasteiger partial charge in [0.1, 0.15) is 0 Å². The van der Waals surface area contributed by atoms with Gasteiger partial charge in [-0.05, 0) is 19.2 Å². The van der Waals surface area contributed by atoms with Crippen LogP contribution in [0.25, 0.3) is 0 Å². The second kappa shape index (κ2) is 9.22. The zero-order chi connectivity index (χ0) is 16.5. The quantitative estimate of drug-likeness (QED) is 0.375. The number of hydrogen-bond donors (Lipinski definition) is 0. The second-order valence-electron chi connectivity index (χ2n) is 4.65. The minimum Gasteiger partial charge on any atom is -0.492 e. The summed E-state index contributed by atoms with van der Waals surface area (Å²) in [5.74, 6) is 0.469. The third-order valence-electron chi connectivity index (χ3n) is 3.48. The first-order valence-corrected chi connectivity index (χ1v) is 7.27. The molecule has 0 saturated heterocycles. The summed E-state index contributed by atoms with van der Waals surface area (Å²) < 4.78 is 16.0. The molecule has 1 aromatic carbocycles. The molecule has 0 aliphatic rings. The monoisotopic (exact) mass is 312 g/mol. The zero-order valence-electron chi connectivity index (χ0n) is 13.6. The van der Waals surface area contributed by atoms with Crippen LogP contribution >= 0.6 is 0 Å². The van der Waals surface area contributed by atoms with Gasteiger partial charge in [0.25, 0.3) is 0 Å². The van der Waals surface area contributed by atoms with Crippen molar-refractivity contribution in [3.8, 4) is 11.5 Å². The van der Waals surface area contributed by atoms with Crippen LogP contribution in [0.1, 0.15) is 19.4 Å². The summed E-state index contributed by atoms with van der Waals surface area (Å²) in [5, 5.41) is 11.0. The maximum atomic E-state index is 11.0. The van der Waals surface area contributed by atoms with E-state index in [1.54, 1.807) is 6.07 Å². The Hall–Kier alpha value is -1.86. The molecule has 0 fully saturated rings. The van der Waals surface area contributed by atoms with Crippen molar-refractivity contribution in [2.75, 3.05) is 40.5 Å². The van der Waals surface area contributed by atoms with Gasteiger partial charge in [-0.15, -0.1) is 0 Å². The fourth-order valence-electron chi connectivity index (χ4n) is 2.19. The molecule has 124 valence electrons. The molecule has 0 bridgehead atoms. The predicted octanol–water partition coefficient (Wildman–Crippen LogP) is 2.47. The second-order valence-corrected chi connectivity index (χ2v) is 4.65. The highest BCUT2D eigenvalue weighted by Crippen LogP contribution is 2.39. The minimum absolute atomic E-state index is 0.119. The van der Waals surface area contributed by atoms with Gasteiger partial charge in [-0.25, -0.2) is 0 Å². The number of nitrogens with zero attached hydrogens (tertiary/aromatic N) is 2. The highest BCUT2D eigenvalue weighted by Gasteiger charge is 2.22. The van der Waals surface area contributed by atoms with Crippen molar-refractivity contribution >= 4 is 5.69 Å². The van der Waals surface area contributed by atoms with E-state index in [9.17, 15) is 10.1 Å². The van der Waals surface area contributed by atoms with Crippen LogP contribution < -0.4 is 9.47 Å². The van der Waals surface area contributed by atoms with Gasteiger partial charge in [-0.1, -0.05) is 13.8 Å². The summed E-state index contributed by atoms with van der Waals surface area (Å²) in [7, 11) is 2.84. The molecule has 0 unspecified atom stereocenters. The number of nitro groups is 1. The van der Waals surface area contributed by atoms with E-state index in [1.165, 1.54) is 20.3 Å². The lowest BCUT2D eigenvalue weighted by Crippen LogP contribution is -2.27. The van der Waals surface area contributed by atoms with E-state index in [1.807, 2.05) is 0 Å². The Morgan fingerprint density at radius 1 is 1.14 bits per heavy atom. The molecular formula is C15H24N2O5. The molecule has 0 aliphatic carbocycles.